The molecule has 1 N–H and O–H groups in total. The molecule has 3 aromatic heterocycles. The molecule has 0 radical (unpaired) electrons. The number of aromatic amines is 1. The fourth-order valence-corrected chi connectivity index (χ4v) is 3.58. The zero-order valence-corrected chi connectivity index (χ0v) is 16.3. The number of H-pyrrole nitrogens is 1. The van der Waals surface area contributed by atoms with Crippen molar-refractivity contribution in [2.75, 3.05) is 31.2 Å². The van der Waals surface area contributed by atoms with Crippen LogP contribution in [0.15, 0.2) is 54.9 Å². The van der Waals surface area contributed by atoms with E-state index in [1.165, 1.54) is 5.69 Å². The van der Waals surface area contributed by atoms with Crippen molar-refractivity contribution in [2.45, 2.75) is 0 Å². The van der Waals surface area contributed by atoms with Crippen molar-refractivity contribution in [2.24, 2.45) is 0 Å². The van der Waals surface area contributed by atoms with Crippen molar-refractivity contribution in [3.8, 4) is 23.0 Å². The van der Waals surface area contributed by atoms with Gasteiger partial charge in [0.2, 0.25) is 0 Å². The first-order valence-electron chi connectivity index (χ1n) is 9.33. The fraction of sp³-hybridized carbons (Fsp3) is 0.190. The van der Waals surface area contributed by atoms with Gasteiger partial charge in [0.05, 0.1) is 29.4 Å². The predicted octanol–water partition coefficient (Wildman–Crippen LogP) is 4.30. The van der Waals surface area contributed by atoms with Crippen LogP contribution in [0.2, 0.25) is 5.02 Å². The molecule has 1 aromatic carbocycles. The van der Waals surface area contributed by atoms with Gasteiger partial charge < -0.3 is 19.4 Å². The van der Waals surface area contributed by atoms with E-state index in [9.17, 15) is 0 Å². The van der Waals surface area contributed by atoms with E-state index in [1.807, 2.05) is 18.2 Å². The second-order valence-corrected chi connectivity index (χ2v) is 7.07. The van der Waals surface area contributed by atoms with Crippen LogP contribution in [0.1, 0.15) is 0 Å². The predicted molar refractivity (Wildman–Crippen MR) is 112 cm³/mol. The maximum absolute atomic E-state index is 6.51. The summed E-state index contributed by atoms with van der Waals surface area (Å²) in [5, 5.41) is 0.552. The van der Waals surface area contributed by atoms with Crippen LogP contribution >= 0.6 is 11.6 Å². The van der Waals surface area contributed by atoms with Crippen LogP contribution in [-0.4, -0.2) is 46.2 Å². The molecule has 29 heavy (non-hydrogen) atoms. The highest BCUT2D eigenvalue weighted by Gasteiger charge is 2.14. The lowest BCUT2D eigenvalue weighted by atomic mass is 10.1. The second-order valence-electron chi connectivity index (χ2n) is 6.66. The van der Waals surface area contributed by atoms with E-state index in [0.29, 0.717) is 33.6 Å². The molecule has 1 aliphatic rings. The smallest absolute Gasteiger partial charge is 0.301 e. The molecule has 0 atom stereocenters. The van der Waals surface area contributed by atoms with E-state index < -0.39 is 0 Å². The number of benzene rings is 1. The number of aromatic nitrogens is 4. The van der Waals surface area contributed by atoms with E-state index in [4.69, 9.17) is 21.1 Å². The topological polar surface area (TPSA) is 76.2 Å². The number of imidazole rings is 1. The highest BCUT2D eigenvalue weighted by atomic mass is 35.5. The van der Waals surface area contributed by atoms with Crippen LogP contribution in [0.5, 0.6) is 11.8 Å². The number of nitrogens with one attached hydrogen (secondary N) is 1. The van der Waals surface area contributed by atoms with Gasteiger partial charge in [-0.1, -0.05) is 23.7 Å². The first-order chi connectivity index (χ1) is 14.3. The first-order valence-corrected chi connectivity index (χ1v) is 9.71. The Balaban J connectivity index is 1.43. The van der Waals surface area contributed by atoms with Crippen molar-refractivity contribution in [1.29, 1.82) is 0 Å². The number of morpholine rings is 1. The van der Waals surface area contributed by atoms with Gasteiger partial charge in [-0.15, -0.1) is 0 Å². The Morgan fingerprint density at radius 3 is 2.52 bits per heavy atom. The van der Waals surface area contributed by atoms with Gasteiger partial charge in [0.1, 0.15) is 5.75 Å². The first kappa shape index (κ1) is 17.9. The minimum absolute atomic E-state index is 0.356. The number of halogens is 1. The lowest BCUT2D eigenvalue weighted by Crippen LogP contribution is -2.36. The molecule has 0 spiro atoms. The summed E-state index contributed by atoms with van der Waals surface area (Å²) in [5.74, 6) is 0.643. The Hall–Kier alpha value is -3.16. The van der Waals surface area contributed by atoms with Gasteiger partial charge in [0, 0.05) is 36.7 Å². The Kier molecular flexibility index (Phi) is 4.75. The van der Waals surface area contributed by atoms with E-state index in [0.717, 1.165) is 31.9 Å². The zero-order valence-electron chi connectivity index (χ0n) is 15.5. The van der Waals surface area contributed by atoms with E-state index in [2.05, 4.69) is 37.0 Å². The SMILES string of the molecule is Clc1cc2[nH]c(Oc3ccncc3)nc2nc1-c1ccc(N2CCOCC2)cc1. The van der Waals surface area contributed by atoms with Gasteiger partial charge in [0.15, 0.2) is 5.65 Å². The number of anilines is 1. The van der Waals surface area contributed by atoms with Gasteiger partial charge in [0.25, 0.3) is 0 Å². The van der Waals surface area contributed by atoms with Gasteiger partial charge in [-0.3, -0.25) is 4.98 Å². The fourth-order valence-electron chi connectivity index (χ4n) is 3.32. The normalized spacial score (nSPS) is 14.3. The van der Waals surface area contributed by atoms with Gasteiger partial charge in [-0.05, 0) is 30.3 Å². The summed E-state index contributed by atoms with van der Waals surface area (Å²) < 4.78 is 11.1. The highest BCUT2D eigenvalue weighted by Crippen LogP contribution is 2.31. The number of fused-ring (bicyclic) bond motifs is 1. The zero-order chi connectivity index (χ0) is 19.6. The number of pyridine rings is 2. The van der Waals surface area contributed by atoms with Crippen LogP contribution in [0.3, 0.4) is 0 Å². The maximum atomic E-state index is 6.51. The van der Waals surface area contributed by atoms with E-state index in [1.54, 1.807) is 24.5 Å². The van der Waals surface area contributed by atoms with Crippen molar-refractivity contribution in [3.05, 3.63) is 59.9 Å². The third-order valence-electron chi connectivity index (χ3n) is 4.79. The third kappa shape index (κ3) is 3.74. The molecule has 0 unspecified atom stereocenters. The van der Waals surface area contributed by atoms with Crippen molar-refractivity contribution < 1.29 is 9.47 Å². The minimum atomic E-state index is 0.356. The van der Waals surface area contributed by atoms with Crippen LogP contribution in [-0.2, 0) is 4.74 Å². The maximum Gasteiger partial charge on any atom is 0.301 e. The average molecular weight is 408 g/mol. The molecule has 5 rings (SSSR count). The molecule has 146 valence electrons. The molecule has 8 heteroatoms. The summed E-state index contributed by atoms with van der Waals surface area (Å²) in [6.45, 7) is 3.32. The Labute approximate surface area is 172 Å². The Bertz CT molecular complexity index is 1130. The molecule has 1 aliphatic heterocycles. The van der Waals surface area contributed by atoms with Crippen LogP contribution < -0.4 is 9.64 Å². The van der Waals surface area contributed by atoms with E-state index in [-0.39, 0.29) is 0 Å². The molecule has 0 amide bonds. The Morgan fingerprint density at radius 2 is 1.76 bits per heavy atom. The molecule has 7 nitrogen and oxygen atoms in total. The lowest BCUT2D eigenvalue weighted by molar-refractivity contribution is 0.122. The average Bonchev–Trinajstić information content (AvgIpc) is 3.15. The largest absolute Gasteiger partial charge is 0.425 e. The van der Waals surface area contributed by atoms with Crippen molar-refractivity contribution in [3.63, 3.8) is 0 Å². The summed E-state index contributed by atoms with van der Waals surface area (Å²) in [5.41, 5.74) is 4.06. The quantitative estimate of drug-likeness (QED) is 0.543. The molecular formula is C21H18ClN5O2. The monoisotopic (exact) mass is 407 g/mol. The summed E-state index contributed by atoms with van der Waals surface area (Å²) in [7, 11) is 0. The summed E-state index contributed by atoms with van der Waals surface area (Å²) >= 11 is 6.51. The standard InChI is InChI=1S/C21H18ClN5O2/c22-17-13-18-20(26-21(24-18)29-16-5-7-23-8-6-16)25-19(17)14-1-3-15(4-2-14)27-9-11-28-12-10-27/h1-8,13H,9-12H2,(H,24,25,26). The number of rotatable bonds is 4. The molecule has 4 aromatic rings. The van der Waals surface area contributed by atoms with Crippen molar-refractivity contribution >= 4 is 28.5 Å². The van der Waals surface area contributed by atoms with Crippen LogP contribution in [0, 0.1) is 0 Å². The van der Waals surface area contributed by atoms with Crippen LogP contribution in [0.4, 0.5) is 5.69 Å². The van der Waals surface area contributed by atoms with Gasteiger partial charge in [-0.25, -0.2) is 4.98 Å². The highest BCUT2D eigenvalue weighted by molar-refractivity contribution is 6.33. The Morgan fingerprint density at radius 1 is 1.00 bits per heavy atom. The molecule has 1 fully saturated rings. The van der Waals surface area contributed by atoms with Crippen molar-refractivity contribution in [1.82, 2.24) is 19.9 Å². The summed E-state index contributed by atoms with van der Waals surface area (Å²) in [6.07, 6.45) is 3.32. The molecule has 1 saturated heterocycles. The number of ether oxygens (including phenoxy) is 2. The molecule has 4 heterocycles. The molecule has 0 bridgehead atoms. The molecule has 0 aliphatic carbocycles. The third-order valence-corrected chi connectivity index (χ3v) is 5.07. The molecule has 0 saturated carbocycles. The van der Waals surface area contributed by atoms with Gasteiger partial charge >= 0.3 is 6.01 Å². The van der Waals surface area contributed by atoms with Gasteiger partial charge in [-0.2, -0.15) is 4.98 Å². The molecular weight excluding hydrogens is 390 g/mol. The lowest BCUT2D eigenvalue weighted by Gasteiger charge is -2.28. The minimum Gasteiger partial charge on any atom is -0.425 e. The second kappa shape index (κ2) is 7.69. The number of hydrogen-bond donors (Lipinski definition) is 1. The summed E-state index contributed by atoms with van der Waals surface area (Å²) in [6, 6.07) is 13.9. The number of hydrogen-bond acceptors (Lipinski definition) is 6. The van der Waals surface area contributed by atoms with E-state index >= 15 is 0 Å². The van der Waals surface area contributed by atoms with Crippen LogP contribution in [0.25, 0.3) is 22.4 Å². The number of nitrogens with zero attached hydrogens (tertiary/aromatic N) is 4. The summed E-state index contributed by atoms with van der Waals surface area (Å²) in [4.78, 5) is 18.5.